The molecule has 1 fully saturated rings. The number of hydrogen-bond donors (Lipinski definition) is 0. The van der Waals surface area contributed by atoms with Gasteiger partial charge < -0.3 is 0 Å². The fraction of sp³-hybridized carbons (Fsp3) is 0.467. The van der Waals surface area contributed by atoms with E-state index in [9.17, 15) is 8.42 Å². The van der Waals surface area contributed by atoms with Gasteiger partial charge in [-0.3, -0.25) is 4.90 Å². The third kappa shape index (κ3) is 4.16. The maximum Gasteiger partial charge on any atom is 0.213 e. The zero-order valence-electron chi connectivity index (χ0n) is 11.9. The van der Waals surface area contributed by atoms with Gasteiger partial charge in [0.2, 0.25) is 10.0 Å². The molecule has 0 atom stereocenters. The van der Waals surface area contributed by atoms with Gasteiger partial charge in [-0.25, -0.2) is 8.42 Å². The summed E-state index contributed by atoms with van der Waals surface area (Å²) in [6.45, 7) is 5.39. The molecule has 0 bridgehead atoms. The molecule has 0 N–H and O–H groups in total. The quantitative estimate of drug-likeness (QED) is 0.829. The second kappa shape index (κ2) is 7.02. The Hall–Kier alpha value is -1.17. The lowest BCUT2D eigenvalue weighted by molar-refractivity contribution is 0.205. The summed E-state index contributed by atoms with van der Waals surface area (Å²) in [5.41, 5.74) is 1.19. The van der Waals surface area contributed by atoms with Crippen molar-refractivity contribution in [1.29, 1.82) is 0 Å². The van der Waals surface area contributed by atoms with Crippen molar-refractivity contribution in [2.45, 2.75) is 6.92 Å². The van der Waals surface area contributed by atoms with Crippen molar-refractivity contribution in [3.8, 4) is 0 Å². The normalized spacial score (nSPS) is 18.6. The van der Waals surface area contributed by atoms with Crippen molar-refractivity contribution >= 4 is 16.1 Å². The molecule has 0 aromatic heterocycles. The third-order valence-electron chi connectivity index (χ3n) is 3.56. The summed E-state index contributed by atoms with van der Waals surface area (Å²) in [6.07, 6.45) is 4.24. The summed E-state index contributed by atoms with van der Waals surface area (Å²) in [4.78, 5) is 2.28. The summed E-state index contributed by atoms with van der Waals surface area (Å²) in [6, 6.07) is 10.2. The van der Waals surface area contributed by atoms with Gasteiger partial charge in [-0.05, 0) is 12.5 Å². The van der Waals surface area contributed by atoms with Gasteiger partial charge in [0.25, 0.3) is 0 Å². The molecule has 4 nitrogen and oxygen atoms in total. The fourth-order valence-corrected chi connectivity index (χ4v) is 3.36. The van der Waals surface area contributed by atoms with Gasteiger partial charge in [0, 0.05) is 32.7 Å². The number of hydrogen-bond acceptors (Lipinski definition) is 3. The molecule has 0 saturated carbocycles. The summed E-state index contributed by atoms with van der Waals surface area (Å²) < 4.78 is 25.1. The molecule has 5 heteroatoms. The number of sulfonamides is 1. The molecule has 1 saturated heterocycles. The molecular formula is C15H22N2O2S. The zero-order valence-corrected chi connectivity index (χ0v) is 12.7. The van der Waals surface area contributed by atoms with Crippen LogP contribution in [0.1, 0.15) is 12.5 Å². The first kappa shape index (κ1) is 15.2. The molecule has 1 aromatic rings. The molecule has 0 radical (unpaired) electrons. The van der Waals surface area contributed by atoms with Crippen LogP contribution in [0.15, 0.2) is 36.4 Å². The maximum absolute atomic E-state index is 11.8. The molecular weight excluding hydrogens is 272 g/mol. The minimum Gasteiger partial charge on any atom is -0.297 e. The first-order valence-electron chi connectivity index (χ1n) is 7.03. The van der Waals surface area contributed by atoms with Crippen LogP contribution in [0.4, 0.5) is 0 Å². The molecule has 20 heavy (non-hydrogen) atoms. The van der Waals surface area contributed by atoms with Crippen LogP contribution in [0.2, 0.25) is 0 Å². The van der Waals surface area contributed by atoms with Crippen molar-refractivity contribution in [1.82, 2.24) is 9.21 Å². The first-order chi connectivity index (χ1) is 9.62. The number of nitrogens with zero attached hydrogens (tertiary/aromatic N) is 2. The summed E-state index contributed by atoms with van der Waals surface area (Å²) in [5, 5.41) is 0. The maximum atomic E-state index is 11.8. The van der Waals surface area contributed by atoms with E-state index < -0.39 is 10.0 Å². The summed E-state index contributed by atoms with van der Waals surface area (Å²) in [5.74, 6) is 0.195. The van der Waals surface area contributed by atoms with Gasteiger partial charge in [-0.1, -0.05) is 42.5 Å². The average Bonchev–Trinajstić information content (AvgIpc) is 2.49. The van der Waals surface area contributed by atoms with E-state index in [2.05, 4.69) is 29.2 Å². The Morgan fingerprint density at radius 1 is 1.10 bits per heavy atom. The van der Waals surface area contributed by atoms with Gasteiger partial charge in [-0.2, -0.15) is 4.31 Å². The molecule has 1 aromatic carbocycles. The molecule has 0 aliphatic carbocycles. The number of benzene rings is 1. The van der Waals surface area contributed by atoms with E-state index in [1.54, 1.807) is 11.2 Å². The van der Waals surface area contributed by atoms with Crippen LogP contribution < -0.4 is 0 Å². The highest BCUT2D eigenvalue weighted by molar-refractivity contribution is 7.89. The monoisotopic (exact) mass is 294 g/mol. The van der Waals surface area contributed by atoms with Crippen molar-refractivity contribution in [2.24, 2.45) is 0 Å². The van der Waals surface area contributed by atoms with Crippen LogP contribution in [0, 0.1) is 0 Å². The van der Waals surface area contributed by atoms with Crippen molar-refractivity contribution in [3.05, 3.63) is 42.0 Å². The second-order valence-electron chi connectivity index (χ2n) is 4.91. The minimum absolute atomic E-state index is 0.195. The first-order valence-corrected chi connectivity index (χ1v) is 8.64. The highest BCUT2D eigenvalue weighted by Crippen LogP contribution is 2.08. The molecule has 0 amide bonds. The average molecular weight is 294 g/mol. The SMILES string of the molecule is CCS(=O)(=O)N1CCN(C/C=C\c2ccccc2)CC1. The van der Waals surface area contributed by atoms with Gasteiger partial charge in [0.1, 0.15) is 0 Å². The zero-order chi connectivity index (χ0) is 14.4. The Kier molecular flexibility index (Phi) is 5.34. The van der Waals surface area contributed by atoms with Crippen LogP contribution in [0.3, 0.4) is 0 Å². The van der Waals surface area contributed by atoms with Crippen LogP contribution >= 0.6 is 0 Å². The van der Waals surface area contributed by atoms with Crippen molar-refractivity contribution < 1.29 is 8.42 Å². The lowest BCUT2D eigenvalue weighted by Crippen LogP contribution is -2.48. The Bertz CT molecular complexity index is 532. The van der Waals surface area contributed by atoms with Crippen molar-refractivity contribution in [2.75, 3.05) is 38.5 Å². The van der Waals surface area contributed by atoms with E-state index in [1.807, 2.05) is 18.2 Å². The smallest absolute Gasteiger partial charge is 0.213 e. The van der Waals surface area contributed by atoms with Crippen LogP contribution in [-0.4, -0.2) is 56.1 Å². The molecule has 1 heterocycles. The second-order valence-corrected chi connectivity index (χ2v) is 7.17. The van der Waals surface area contributed by atoms with E-state index in [1.165, 1.54) is 5.56 Å². The molecule has 110 valence electrons. The van der Waals surface area contributed by atoms with Gasteiger partial charge in [0.05, 0.1) is 5.75 Å². The van der Waals surface area contributed by atoms with Crippen LogP contribution in [-0.2, 0) is 10.0 Å². The predicted octanol–water partition coefficient (Wildman–Crippen LogP) is 1.67. The van der Waals surface area contributed by atoms with E-state index in [0.29, 0.717) is 13.1 Å². The standard InChI is InChI=1S/C15H22N2O2S/c1-2-20(18,19)17-13-11-16(12-14-17)10-6-9-15-7-4-3-5-8-15/h3-9H,2,10-14H2,1H3/b9-6-. The summed E-state index contributed by atoms with van der Waals surface area (Å²) >= 11 is 0. The van der Waals surface area contributed by atoms with Gasteiger partial charge in [-0.15, -0.1) is 0 Å². The molecule has 1 aliphatic heterocycles. The molecule has 0 spiro atoms. The minimum atomic E-state index is -3.02. The Morgan fingerprint density at radius 3 is 2.35 bits per heavy atom. The van der Waals surface area contributed by atoms with Gasteiger partial charge >= 0.3 is 0 Å². The van der Waals surface area contributed by atoms with E-state index >= 15 is 0 Å². The summed E-state index contributed by atoms with van der Waals surface area (Å²) in [7, 11) is -3.02. The molecule has 0 unspecified atom stereocenters. The largest absolute Gasteiger partial charge is 0.297 e. The van der Waals surface area contributed by atoms with E-state index in [4.69, 9.17) is 0 Å². The Morgan fingerprint density at radius 2 is 1.75 bits per heavy atom. The lowest BCUT2D eigenvalue weighted by atomic mass is 10.2. The van der Waals surface area contributed by atoms with Gasteiger partial charge in [0.15, 0.2) is 0 Å². The number of rotatable bonds is 5. The number of piperazine rings is 1. The fourth-order valence-electron chi connectivity index (χ4n) is 2.27. The Balaban J connectivity index is 1.79. The molecule has 2 rings (SSSR count). The van der Waals surface area contributed by atoms with E-state index in [0.717, 1.165) is 19.6 Å². The highest BCUT2D eigenvalue weighted by atomic mass is 32.2. The Labute approximate surface area is 121 Å². The highest BCUT2D eigenvalue weighted by Gasteiger charge is 2.24. The van der Waals surface area contributed by atoms with Crippen molar-refractivity contribution in [3.63, 3.8) is 0 Å². The topological polar surface area (TPSA) is 40.6 Å². The van der Waals surface area contributed by atoms with Crippen LogP contribution in [0.25, 0.3) is 6.08 Å². The third-order valence-corrected chi connectivity index (χ3v) is 5.44. The predicted molar refractivity (Wildman–Crippen MR) is 82.9 cm³/mol. The lowest BCUT2D eigenvalue weighted by Gasteiger charge is -2.33. The van der Waals surface area contributed by atoms with E-state index in [-0.39, 0.29) is 5.75 Å². The van der Waals surface area contributed by atoms with Crippen LogP contribution in [0.5, 0.6) is 0 Å². The molecule has 1 aliphatic rings.